The zero-order valence-corrected chi connectivity index (χ0v) is 18.1. The zero-order chi connectivity index (χ0) is 23.7. The maximum atomic E-state index is 14.3. The van der Waals surface area contributed by atoms with E-state index in [0.717, 1.165) is 53.2 Å². The van der Waals surface area contributed by atoms with Crippen LogP contribution in [0.5, 0.6) is 0 Å². The van der Waals surface area contributed by atoms with Crippen molar-refractivity contribution >= 4 is 34.1 Å². The Kier molecular flexibility index (Phi) is 5.76. The third kappa shape index (κ3) is 4.24. The highest BCUT2D eigenvalue weighted by Crippen LogP contribution is 2.45. The van der Waals surface area contributed by atoms with Crippen LogP contribution in [0, 0.1) is 17.7 Å². The van der Waals surface area contributed by atoms with Crippen LogP contribution in [0.4, 0.5) is 8.78 Å². The van der Waals surface area contributed by atoms with Crippen LogP contribution >= 0.6 is 0 Å². The highest BCUT2D eigenvalue weighted by Gasteiger charge is 2.28. The fourth-order valence-electron chi connectivity index (χ4n) is 4.38. The number of benzene rings is 2. The van der Waals surface area contributed by atoms with Gasteiger partial charge in [0.2, 0.25) is 5.95 Å². The van der Waals surface area contributed by atoms with E-state index in [-0.39, 0.29) is 5.92 Å². The zero-order valence-electron chi connectivity index (χ0n) is 18.1. The average molecular weight is 457 g/mol. The number of carboxylic acid groups (broad SMARTS) is 1. The minimum Gasteiger partial charge on any atom is -0.478 e. The first-order chi connectivity index (χ1) is 16.5. The molecule has 0 bridgehead atoms. The molecule has 0 amide bonds. The van der Waals surface area contributed by atoms with Crippen LogP contribution in [0.3, 0.4) is 0 Å². The monoisotopic (exact) mass is 457 g/mol. The summed E-state index contributed by atoms with van der Waals surface area (Å²) >= 11 is 0. The standard InChI is InChI=1S/C27H21F2N3O2/c28-21-12-20(14-30-15-21)26(17-2-1-3-17)25(18-7-4-16(5-8-18)6-11-24(33)34)19-9-10-23-22(13-19)27(29)32-31-23/h4-15,17H,1-3H2,(H,31,32)(H,33,34)/b11-6+,26-25+. The second-order valence-corrected chi connectivity index (χ2v) is 8.38. The molecule has 5 nitrogen and oxygen atoms in total. The summed E-state index contributed by atoms with van der Waals surface area (Å²) in [6.07, 6.45) is 8.47. The Morgan fingerprint density at radius 2 is 1.76 bits per heavy atom. The number of pyridine rings is 1. The molecule has 5 rings (SSSR count). The number of carbonyl (C=O) groups is 1. The van der Waals surface area contributed by atoms with Crippen molar-refractivity contribution in [3.05, 3.63) is 101 Å². The topological polar surface area (TPSA) is 78.9 Å². The summed E-state index contributed by atoms with van der Waals surface area (Å²) in [4.78, 5) is 14.9. The summed E-state index contributed by atoms with van der Waals surface area (Å²) in [6, 6.07) is 14.4. The number of carboxylic acids is 1. The first-order valence-electron chi connectivity index (χ1n) is 11.0. The van der Waals surface area contributed by atoms with E-state index in [1.807, 2.05) is 30.3 Å². The van der Waals surface area contributed by atoms with E-state index in [1.54, 1.807) is 18.3 Å². The molecule has 2 N–H and O–H groups in total. The van der Waals surface area contributed by atoms with Crippen LogP contribution in [0.25, 0.3) is 28.1 Å². The number of aliphatic carboxylic acids is 1. The van der Waals surface area contributed by atoms with Gasteiger partial charge in [0.1, 0.15) is 5.82 Å². The van der Waals surface area contributed by atoms with Crippen molar-refractivity contribution in [3.8, 4) is 0 Å². The summed E-state index contributed by atoms with van der Waals surface area (Å²) in [5.74, 6) is -1.80. The molecular weight excluding hydrogens is 436 g/mol. The van der Waals surface area contributed by atoms with Gasteiger partial charge in [-0.2, -0.15) is 4.39 Å². The molecule has 2 aromatic carbocycles. The quantitative estimate of drug-likeness (QED) is 0.343. The van der Waals surface area contributed by atoms with Gasteiger partial charge in [-0.1, -0.05) is 36.8 Å². The third-order valence-corrected chi connectivity index (χ3v) is 6.22. The molecular formula is C27H21F2N3O2. The molecule has 0 saturated heterocycles. The van der Waals surface area contributed by atoms with Crippen LogP contribution < -0.4 is 0 Å². The third-order valence-electron chi connectivity index (χ3n) is 6.22. The fraction of sp³-hybridized carbons (Fsp3) is 0.148. The van der Waals surface area contributed by atoms with Gasteiger partial charge in [0.15, 0.2) is 0 Å². The Hall–Kier alpha value is -4.13. The number of hydrogen-bond donors (Lipinski definition) is 2. The molecule has 4 aromatic rings. The van der Waals surface area contributed by atoms with Gasteiger partial charge in [0.25, 0.3) is 0 Å². The SMILES string of the molecule is O=C(O)/C=C/c1ccc(/C(=C(\c2cncc(F)c2)C2CCC2)c2ccc3[nH]nc(F)c3c2)cc1. The minimum atomic E-state index is -1.02. The Labute approximate surface area is 194 Å². The largest absolute Gasteiger partial charge is 0.478 e. The van der Waals surface area contributed by atoms with Gasteiger partial charge in [-0.25, -0.2) is 9.18 Å². The molecule has 1 aliphatic rings. The van der Waals surface area contributed by atoms with Crippen LogP contribution in [-0.2, 0) is 4.79 Å². The number of H-pyrrole nitrogens is 1. The molecule has 0 atom stereocenters. The lowest BCUT2D eigenvalue weighted by Crippen LogP contribution is -2.15. The number of nitrogens with one attached hydrogen (secondary N) is 1. The normalized spacial score (nSPS) is 14.9. The van der Waals surface area contributed by atoms with Crippen molar-refractivity contribution in [2.24, 2.45) is 5.92 Å². The van der Waals surface area contributed by atoms with Gasteiger partial charge in [0, 0.05) is 12.3 Å². The maximum absolute atomic E-state index is 14.3. The smallest absolute Gasteiger partial charge is 0.328 e. The lowest BCUT2D eigenvalue weighted by Gasteiger charge is -2.31. The molecule has 170 valence electrons. The highest BCUT2D eigenvalue weighted by atomic mass is 19.1. The lowest BCUT2D eigenvalue weighted by atomic mass is 9.73. The van der Waals surface area contributed by atoms with Crippen LogP contribution in [0.1, 0.15) is 41.5 Å². The molecule has 2 heterocycles. The van der Waals surface area contributed by atoms with Crippen LogP contribution in [0.2, 0.25) is 0 Å². The number of rotatable bonds is 6. The van der Waals surface area contributed by atoms with Gasteiger partial charge in [0.05, 0.1) is 17.1 Å². The molecule has 0 spiro atoms. The summed E-state index contributed by atoms with van der Waals surface area (Å²) in [5.41, 5.74) is 5.51. The molecule has 2 aromatic heterocycles. The van der Waals surface area contributed by atoms with Crippen LogP contribution in [-0.4, -0.2) is 26.3 Å². The molecule has 34 heavy (non-hydrogen) atoms. The molecule has 0 radical (unpaired) electrons. The van der Waals surface area contributed by atoms with Crippen LogP contribution in [0.15, 0.2) is 67.0 Å². The summed E-state index contributed by atoms with van der Waals surface area (Å²) in [7, 11) is 0. The number of nitrogens with zero attached hydrogens (tertiary/aromatic N) is 2. The van der Waals surface area contributed by atoms with Crippen molar-refractivity contribution in [3.63, 3.8) is 0 Å². The predicted molar refractivity (Wildman–Crippen MR) is 127 cm³/mol. The van der Waals surface area contributed by atoms with Crippen molar-refractivity contribution in [1.82, 2.24) is 15.2 Å². The number of halogens is 2. The Balaban J connectivity index is 1.74. The maximum Gasteiger partial charge on any atom is 0.328 e. The van der Waals surface area contributed by atoms with Crippen molar-refractivity contribution in [2.45, 2.75) is 19.3 Å². The Bertz CT molecular complexity index is 1430. The first kappa shape index (κ1) is 21.7. The van der Waals surface area contributed by atoms with E-state index in [1.165, 1.54) is 18.3 Å². The average Bonchev–Trinajstić information content (AvgIpc) is 3.17. The molecule has 1 saturated carbocycles. The van der Waals surface area contributed by atoms with E-state index in [2.05, 4.69) is 15.2 Å². The van der Waals surface area contributed by atoms with E-state index in [9.17, 15) is 13.6 Å². The molecule has 1 fully saturated rings. The minimum absolute atomic E-state index is 0.218. The van der Waals surface area contributed by atoms with Gasteiger partial charge < -0.3 is 5.11 Å². The Morgan fingerprint density at radius 1 is 1.00 bits per heavy atom. The van der Waals surface area contributed by atoms with Gasteiger partial charge in [-0.3, -0.25) is 10.1 Å². The second-order valence-electron chi connectivity index (χ2n) is 8.38. The van der Waals surface area contributed by atoms with E-state index < -0.39 is 17.7 Å². The summed E-state index contributed by atoms with van der Waals surface area (Å²) < 4.78 is 28.5. The van der Waals surface area contributed by atoms with Gasteiger partial charge in [-0.05, 0) is 76.4 Å². The summed E-state index contributed by atoms with van der Waals surface area (Å²) in [6.45, 7) is 0. The molecule has 1 aliphatic carbocycles. The Morgan fingerprint density at radius 3 is 2.44 bits per heavy atom. The number of aromatic amines is 1. The molecule has 0 aliphatic heterocycles. The van der Waals surface area contributed by atoms with Gasteiger partial charge in [-0.15, -0.1) is 5.10 Å². The highest BCUT2D eigenvalue weighted by molar-refractivity contribution is 6.01. The predicted octanol–water partition coefficient (Wildman–Crippen LogP) is 6.09. The number of hydrogen-bond acceptors (Lipinski definition) is 3. The molecule has 7 heteroatoms. The number of fused-ring (bicyclic) bond motifs is 1. The van der Waals surface area contributed by atoms with E-state index in [0.29, 0.717) is 16.5 Å². The van der Waals surface area contributed by atoms with E-state index >= 15 is 0 Å². The first-order valence-corrected chi connectivity index (χ1v) is 11.0. The number of aromatic nitrogens is 3. The van der Waals surface area contributed by atoms with Crippen molar-refractivity contribution < 1.29 is 18.7 Å². The van der Waals surface area contributed by atoms with Crippen molar-refractivity contribution in [2.75, 3.05) is 0 Å². The number of allylic oxidation sites excluding steroid dienone is 1. The van der Waals surface area contributed by atoms with E-state index in [4.69, 9.17) is 5.11 Å². The molecule has 0 unspecified atom stereocenters. The summed E-state index contributed by atoms with van der Waals surface area (Å²) in [5, 5.41) is 15.6. The lowest BCUT2D eigenvalue weighted by molar-refractivity contribution is -0.131. The second kappa shape index (κ2) is 9.02. The fourth-order valence-corrected chi connectivity index (χ4v) is 4.38. The van der Waals surface area contributed by atoms with Crippen molar-refractivity contribution in [1.29, 1.82) is 0 Å². The van der Waals surface area contributed by atoms with Gasteiger partial charge >= 0.3 is 5.97 Å².